The molecule has 0 heterocycles. The summed E-state index contributed by atoms with van der Waals surface area (Å²) in [5.74, 6) is -0.406. The fourth-order valence-corrected chi connectivity index (χ4v) is 2.74. The normalized spacial score (nSPS) is 11.0. The summed E-state index contributed by atoms with van der Waals surface area (Å²) in [6.45, 7) is 0. The maximum atomic E-state index is 11.9. The van der Waals surface area contributed by atoms with Crippen molar-refractivity contribution in [3.05, 3.63) is 67.1 Å². The highest BCUT2D eigenvalue weighted by atomic mass is 35.5. The van der Waals surface area contributed by atoms with E-state index in [1.165, 1.54) is 24.3 Å². The largest absolute Gasteiger partial charge is 0.321 e. The molecule has 0 saturated carbocycles. The van der Waals surface area contributed by atoms with Crippen molar-refractivity contribution >= 4 is 75.7 Å². The second kappa shape index (κ2) is 7.58. The molecular weight excluding hydrogens is 387 g/mol. The van der Waals surface area contributed by atoms with Crippen molar-refractivity contribution in [3.63, 3.8) is 0 Å². The molecule has 0 aliphatic heterocycles. The zero-order valence-corrected chi connectivity index (χ0v) is 14.6. The summed E-state index contributed by atoms with van der Waals surface area (Å²) in [5.41, 5.74) is 0.914. The third-order valence-electron chi connectivity index (χ3n) is 2.67. The van der Waals surface area contributed by atoms with Gasteiger partial charge in [0.05, 0.1) is 20.8 Å². The zero-order chi connectivity index (χ0) is 16.3. The predicted molar refractivity (Wildman–Crippen MR) is 95.6 cm³/mol. The Hall–Kier alpha value is -0.900. The van der Waals surface area contributed by atoms with Crippen LogP contribution >= 0.6 is 58.0 Å². The van der Waals surface area contributed by atoms with E-state index in [9.17, 15) is 4.79 Å². The number of rotatable bonds is 3. The van der Waals surface area contributed by atoms with Gasteiger partial charge < -0.3 is 5.32 Å². The summed E-state index contributed by atoms with van der Waals surface area (Å²) in [5, 5.41) is 4.38. The monoisotopic (exact) mass is 393 g/mol. The molecule has 2 nitrogen and oxygen atoms in total. The van der Waals surface area contributed by atoms with Crippen LogP contribution in [0, 0.1) is 0 Å². The van der Waals surface area contributed by atoms with Crippen LogP contribution in [0.25, 0.3) is 6.08 Å². The minimum absolute atomic E-state index is 0.284. The maximum absolute atomic E-state index is 11.9. The highest BCUT2D eigenvalue weighted by Gasteiger charge is 2.08. The standard InChI is InChI=1S/C15H8Cl5NO/c16-9-2-1-3-10(17)8(9)4-5-15(22)21-14-7-12(19)11(18)6-13(14)20/h1-7H,(H,21,22). The number of hydrogen-bond acceptors (Lipinski definition) is 1. The molecule has 0 spiro atoms. The number of halogens is 5. The second-order valence-corrected chi connectivity index (χ2v) is 6.24. The Labute approximate surface area is 152 Å². The lowest BCUT2D eigenvalue weighted by molar-refractivity contribution is -0.111. The lowest BCUT2D eigenvalue weighted by Gasteiger charge is -2.07. The van der Waals surface area contributed by atoms with Gasteiger partial charge in [-0.25, -0.2) is 0 Å². The molecule has 114 valence electrons. The second-order valence-electron chi connectivity index (χ2n) is 4.20. The van der Waals surface area contributed by atoms with E-state index in [0.29, 0.717) is 31.3 Å². The van der Waals surface area contributed by atoms with E-state index in [4.69, 9.17) is 58.0 Å². The van der Waals surface area contributed by atoms with Gasteiger partial charge in [0.25, 0.3) is 0 Å². The fourth-order valence-electron chi connectivity index (χ4n) is 1.62. The summed E-state index contributed by atoms with van der Waals surface area (Å²) >= 11 is 29.7. The topological polar surface area (TPSA) is 29.1 Å². The van der Waals surface area contributed by atoms with Crippen LogP contribution in [0.4, 0.5) is 5.69 Å². The smallest absolute Gasteiger partial charge is 0.248 e. The summed E-state index contributed by atoms with van der Waals surface area (Å²) in [4.78, 5) is 11.9. The van der Waals surface area contributed by atoms with Crippen molar-refractivity contribution in [1.29, 1.82) is 0 Å². The molecule has 0 bridgehead atoms. The minimum atomic E-state index is -0.406. The van der Waals surface area contributed by atoms with E-state index < -0.39 is 5.91 Å². The number of hydrogen-bond donors (Lipinski definition) is 1. The van der Waals surface area contributed by atoms with Crippen LogP contribution < -0.4 is 5.32 Å². The van der Waals surface area contributed by atoms with Gasteiger partial charge in [-0.2, -0.15) is 0 Å². The summed E-state index contributed by atoms with van der Waals surface area (Å²) in [6, 6.07) is 8.01. The van der Waals surface area contributed by atoms with Gasteiger partial charge >= 0.3 is 0 Å². The predicted octanol–water partition coefficient (Wildman–Crippen LogP) is 6.61. The first-order valence-electron chi connectivity index (χ1n) is 5.96. The first-order chi connectivity index (χ1) is 10.4. The number of nitrogens with one attached hydrogen (secondary N) is 1. The molecule has 2 aromatic rings. The molecular formula is C15H8Cl5NO. The Morgan fingerprint density at radius 2 is 1.45 bits per heavy atom. The summed E-state index contributed by atoms with van der Waals surface area (Å²) in [6.07, 6.45) is 2.82. The van der Waals surface area contributed by atoms with Crippen LogP contribution in [0.15, 0.2) is 36.4 Å². The Bertz CT molecular complexity index is 738. The molecule has 22 heavy (non-hydrogen) atoms. The number of carbonyl (C=O) groups excluding carboxylic acids is 1. The molecule has 0 unspecified atom stereocenters. The third-order valence-corrected chi connectivity index (χ3v) is 4.36. The average Bonchev–Trinajstić information content (AvgIpc) is 2.44. The van der Waals surface area contributed by atoms with Crippen LogP contribution in [0.5, 0.6) is 0 Å². The number of benzene rings is 2. The van der Waals surface area contributed by atoms with Crippen molar-refractivity contribution in [2.75, 3.05) is 5.32 Å². The van der Waals surface area contributed by atoms with Crippen molar-refractivity contribution in [2.24, 2.45) is 0 Å². The third kappa shape index (κ3) is 4.31. The SMILES string of the molecule is O=C(C=Cc1c(Cl)cccc1Cl)Nc1cc(Cl)c(Cl)cc1Cl. The average molecular weight is 396 g/mol. The van der Waals surface area contributed by atoms with Crippen LogP contribution in [0.1, 0.15) is 5.56 Å². The van der Waals surface area contributed by atoms with E-state index in [-0.39, 0.29) is 5.02 Å². The van der Waals surface area contributed by atoms with Gasteiger partial charge in [-0.1, -0.05) is 64.1 Å². The van der Waals surface area contributed by atoms with Gasteiger partial charge in [-0.05, 0) is 30.3 Å². The molecule has 0 aliphatic rings. The molecule has 2 rings (SSSR count). The summed E-state index contributed by atoms with van der Waals surface area (Å²) in [7, 11) is 0. The number of carbonyl (C=O) groups is 1. The molecule has 7 heteroatoms. The molecule has 1 N–H and O–H groups in total. The van der Waals surface area contributed by atoms with Crippen LogP contribution in [0.2, 0.25) is 25.1 Å². The molecule has 0 radical (unpaired) electrons. The van der Waals surface area contributed by atoms with Gasteiger partial charge in [0, 0.05) is 21.7 Å². The van der Waals surface area contributed by atoms with Gasteiger partial charge in [-0.3, -0.25) is 4.79 Å². The van der Waals surface area contributed by atoms with E-state index in [1.807, 2.05) is 0 Å². The lowest BCUT2D eigenvalue weighted by Crippen LogP contribution is -2.08. The first kappa shape index (κ1) is 17.5. The van der Waals surface area contributed by atoms with Gasteiger partial charge in [0.2, 0.25) is 5.91 Å². The highest BCUT2D eigenvalue weighted by molar-refractivity contribution is 6.44. The lowest BCUT2D eigenvalue weighted by atomic mass is 10.2. The molecule has 0 aliphatic carbocycles. The van der Waals surface area contributed by atoms with E-state index in [1.54, 1.807) is 18.2 Å². The summed E-state index contributed by atoms with van der Waals surface area (Å²) < 4.78 is 0. The molecule has 2 aromatic carbocycles. The molecule has 0 saturated heterocycles. The van der Waals surface area contributed by atoms with Crippen LogP contribution in [-0.4, -0.2) is 5.91 Å². The Morgan fingerprint density at radius 3 is 2.09 bits per heavy atom. The van der Waals surface area contributed by atoms with Gasteiger partial charge in [-0.15, -0.1) is 0 Å². The van der Waals surface area contributed by atoms with Crippen LogP contribution in [-0.2, 0) is 4.79 Å². The molecule has 1 amide bonds. The maximum Gasteiger partial charge on any atom is 0.248 e. The van der Waals surface area contributed by atoms with Crippen molar-refractivity contribution in [2.45, 2.75) is 0 Å². The van der Waals surface area contributed by atoms with Crippen molar-refractivity contribution < 1.29 is 4.79 Å². The fraction of sp³-hybridized carbons (Fsp3) is 0. The zero-order valence-electron chi connectivity index (χ0n) is 10.8. The van der Waals surface area contributed by atoms with Crippen molar-refractivity contribution in [1.82, 2.24) is 0 Å². The quantitative estimate of drug-likeness (QED) is 0.460. The molecule has 0 fully saturated rings. The van der Waals surface area contributed by atoms with E-state index in [2.05, 4.69) is 5.32 Å². The Kier molecular flexibility index (Phi) is 6.01. The molecule has 0 atom stereocenters. The first-order valence-corrected chi connectivity index (χ1v) is 7.85. The Morgan fingerprint density at radius 1 is 0.864 bits per heavy atom. The van der Waals surface area contributed by atoms with Gasteiger partial charge in [0.15, 0.2) is 0 Å². The number of amides is 1. The van der Waals surface area contributed by atoms with E-state index >= 15 is 0 Å². The highest BCUT2D eigenvalue weighted by Crippen LogP contribution is 2.32. The van der Waals surface area contributed by atoms with Gasteiger partial charge in [0.1, 0.15) is 0 Å². The molecule has 0 aromatic heterocycles. The van der Waals surface area contributed by atoms with Crippen LogP contribution in [0.3, 0.4) is 0 Å². The van der Waals surface area contributed by atoms with E-state index in [0.717, 1.165) is 0 Å². The Balaban J connectivity index is 2.17. The number of anilines is 1. The minimum Gasteiger partial charge on any atom is -0.321 e. The van der Waals surface area contributed by atoms with Crippen molar-refractivity contribution in [3.8, 4) is 0 Å².